The Morgan fingerprint density at radius 2 is 1.77 bits per heavy atom. The number of aromatic nitrogens is 2. The molecule has 0 spiro atoms. The Kier molecular flexibility index (Phi) is 3.34. The minimum atomic E-state index is 1.08. The molecule has 0 saturated heterocycles. The standard InChI is InChI=1S/C23H19N2S/c1-14-8-9-16-11-19-18-12-21(17-7-5-4-6-15(17)2)25(3)13-22(18)26-23(19)24-20(16)10-14/h4-13H,1-3H3/q+1. The summed E-state index contributed by atoms with van der Waals surface area (Å²) < 4.78 is 3.50. The van der Waals surface area contributed by atoms with E-state index < -0.39 is 0 Å². The minimum absolute atomic E-state index is 1.08. The minimum Gasteiger partial charge on any atom is -0.237 e. The van der Waals surface area contributed by atoms with E-state index in [1.807, 2.05) is 0 Å². The quantitative estimate of drug-likeness (QED) is 0.352. The van der Waals surface area contributed by atoms with Crippen LogP contribution in [0.4, 0.5) is 0 Å². The fourth-order valence-electron chi connectivity index (χ4n) is 3.68. The first kappa shape index (κ1) is 15.5. The maximum Gasteiger partial charge on any atom is 0.213 e. The van der Waals surface area contributed by atoms with Crippen molar-refractivity contribution in [3.05, 3.63) is 71.9 Å². The summed E-state index contributed by atoms with van der Waals surface area (Å²) in [7, 11) is 2.12. The summed E-state index contributed by atoms with van der Waals surface area (Å²) in [4.78, 5) is 6.05. The lowest BCUT2D eigenvalue weighted by Crippen LogP contribution is -2.30. The maximum atomic E-state index is 4.93. The predicted octanol–water partition coefficient (Wildman–Crippen LogP) is 5.71. The Hall–Kier alpha value is -2.78. The van der Waals surface area contributed by atoms with Gasteiger partial charge in [-0.15, -0.1) is 11.3 Å². The van der Waals surface area contributed by atoms with Crippen LogP contribution >= 0.6 is 11.3 Å². The first-order chi connectivity index (χ1) is 12.6. The van der Waals surface area contributed by atoms with Gasteiger partial charge in [0.15, 0.2) is 6.20 Å². The summed E-state index contributed by atoms with van der Waals surface area (Å²) in [6.07, 6.45) is 2.24. The molecule has 0 unspecified atom stereocenters. The molecular weight excluding hydrogens is 336 g/mol. The molecule has 5 rings (SSSR count). The van der Waals surface area contributed by atoms with Gasteiger partial charge in [-0.1, -0.05) is 30.3 Å². The SMILES string of the molecule is Cc1ccc2cc3c(nc2c1)sc1c[n+](C)c(-c2ccccc2C)cc13. The average Bonchev–Trinajstić information content (AvgIpc) is 2.95. The summed E-state index contributed by atoms with van der Waals surface area (Å²) in [5.74, 6) is 0. The van der Waals surface area contributed by atoms with Crippen molar-refractivity contribution in [3.8, 4) is 11.3 Å². The highest BCUT2D eigenvalue weighted by Gasteiger charge is 2.17. The maximum absolute atomic E-state index is 4.93. The van der Waals surface area contributed by atoms with Gasteiger partial charge in [-0.2, -0.15) is 4.57 Å². The van der Waals surface area contributed by atoms with Crippen LogP contribution in [-0.4, -0.2) is 4.98 Å². The largest absolute Gasteiger partial charge is 0.237 e. The number of benzene rings is 2. The zero-order valence-electron chi connectivity index (χ0n) is 15.1. The van der Waals surface area contributed by atoms with Crippen molar-refractivity contribution >= 4 is 42.5 Å². The van der Waals surface area contributed by atoms with Gasteiger partial charge in [0.1, 0.15) is 16.6 Å². The number of thiophene rings is 1. The molecule has 0 bridgehead atoms. The third-order valence-corrected chi connectivity index (χ3v) is 6.14. The third-order valence-electron chi connectivity index (χ3n) is 5.09. The molecule has 0 aliphatic rings. The molecule has 0 fully saturated rings. The van der Waals surface area contributed by atoms with Crippen molar-refractivity contribution < 1.29 is 4.57 Å². The fraction of sp³-hybridized carbons (Fsp3) is 0.130. The topological polar surface area (TPSA) is 16.8 Å². The van der Waals surface area contributed by atoms with Crippen molar-refractivity contribution in [2.24, 2.45) is 7.05 Å². The number of hydrogen-bond acceptors (Lipinski definition) is 2. The van der Waals surface area contributed by atoms with Crippen molar-refractivity contribution in [2.75, 3.05) is 0 Å². The lowest BCUT2D eigenvalue weighted by Gasteiger charge is -2.04. The van der Waals surface area contributed by atoms with Crippen LogP contribution in [0, 0.1) is 13.8 Å². The van der Waals surface area contributed by atoms with Gasteiger partial charge in [0.2, 0.25) is 5.69 Å². The van der Waals surface area contributed by atoms with Crippen LogP contribution in [0.15, 0.2) is 60.8 Å². The Morgan fingerprint density at radius 3 is 2.62 bits per heavy atom. The second kappa shape index (κ2) is 5.61. The lowest BCUT2D eigenvalue weighted by atomic mass is 10.0. The molecule has 0 aliphatic carbocycles. The van der Waals surface area contributed by atoms with Crippen molar-refractivity contribution in [1.29, 1.82) is 0 Å². The van der Waals surface area contributed by atoms with Crippen molar-refractivity contribution in [1.82, 2.24) is 4.98 Å². The van der Waals surface area contributed by atoms with E-state index in [9.17, 15) is 0 Å². The fourth-order valence-corrected chi connectivity index (χ4v) is 4.80. The van der Waals surface area contributed by atoms with E-state index in [1.165, 1.54) is 43.2 Å². The van der Waals surface area contributed by atoms with Gasteiger partial charge in [0, 0.05) is 27.8 Å². The molecule has 5 aromatic rings. The average molecular weight is 355 g/mol. The number of nitrogens with zero attached hydrogens (tertiary/aromatic N) is 2. The predicted molar refractivity (Wildman–Crippen MR) is 111 cm³/mol. The zero-order chi connectivity index (χ0) is 17.8. The Balaban J connectivity index is 1.85. The molecule has 2 nitrogen and oxygen atoms in total. The number of pyridine rings is 2. The summed E-state index contributed by atoms with van der Waals surface area (Å²) in [5, 5.41) is 3.74. The Morgan fingerprint density at radius 1 is 0.923 bits per heavy atom. The van der Waals surface area contributed by atoms with Gasteiger partial charge < -0.3 is 0 Å². The number of fused-ring (bicyclic) bond motifs is 4. The van der Waals surface area contributed by atoms with Gasteiger partial charge in [0.05, 0.1) is 5.52 Å². The molecule has 3 heterocycles. The number of hydrogen-bond donors (Lipinski definition) is 0. The molecule has 0 N–H and O–H groups in total. The smallest absolute Gasteiger partial charge is 0.213 e. The normalized spacial score (nSPS) is 11.7. The second-order valence-electron chi connectivity index (χ2n) is 7.00. The van der Waals surface area contributed by atoms with Gasteiger partial charge in [0.25, 0.3) is 0 Å². The molecule has 0 atom stereocenters. The van der Waals surface area contributed by atoms with Crippen LogP contribution in [0.2, 0.25) is 0 Å². The Bertz CT molecular complexity index is 1310. The van der Waals surface area contributed by atoms with Gasteiger partial charge in [-0.05, 0) is 43.2 Å². The van der Waals surface area contributed by atoms with E-state index in [1.54, 1.807) is 11.3 Å². The van der Waals surface area contributed by atoms with E-state index in [0.29, 0.717) is 0 Å². The summed E-state index contributed by atoms with van der Waals surface area (Å²) in [6, 6.07) is 19.7. The molecule has 0 aliphatic heterocycles. The van der Waals surface area contributed by atoms with E-state index in [-0.39, 0.29) is 0 Å². The van der Waals surface area contributed by atoms with E-state index in [2.05, 4.69) is 86.3 Å². The molecule has 0 amide bonds. The molecule has 2 aromatic carbocycles. The molecular formula is C23H19N2S+. The molecule has 26 heavy (non-hydrogen) atoms. The highest BCUT2D eigenvalue weighted by Crippen LogP contribution is 2.36. The van der Waals surface area contributed by atoms with Gasteiger partial charge >= 0.3 is 0 Å². The molecule has 126 valence electrons. The zero-order valence-corrected chi connectivity index (χ0v) is 15.9. The van der Waals surface area contributed by atoms with E-state index >= 15 is 0 Å². The third kappa shape index (κ3) is 2.31. The molecule has 3 heteroatoms. The van der Waals surface area contributed by atoms with Crippen molar-refractivity contribution in [3.63, 3.8) is 0 Å². The first-order valence-corrected chi connectivity index (χ1v) is 9.61. The lowest BCUT2D eigenvalue weighted by molar-refractivity contribution is -0.659. The van der Waals surface area contributed by atoms with Crippen LogP contribution in [-0.2, 0) is 7.05 Å². The number of rotatable bonds is 1. The molecule has 0 saturated carbocycles. The van der Waals surface area contributed by atoms with Crippen LogP contribution < -0.4 is 4.57 Å². The van der Waals surface area contributed by atoms with E-state index in [4.69, 9.17) is 4.98 Å². The first-order valence-electron chi connectivity index (χ1n) is 8.79. The highest BCUT2D eigenvalue weighted by atomic mass is 32.1. The summed E-state index contributed by atoms with van der Waals surface area (Å²) in [6.45, 7) is 4.29. The van der Waals surface area contributed by atoms with Crippen LogP contribution in [0.5, 0.6) is 0 Å². The highest BCUT2D eigenvalue weighted by molar-refractivity contribution is 7.25. The second-order valence-corrected chi connectivity index (χ2v) is 8.03. The van der Waals surface area contributed by atoms with Gasteiger partial charge in [-0.25, -0.2) is 4.98 Å². The number of aryl methyl sites for hydroxylation is 3. The molecule has 3 aromatic heterocycles. The van der Waals surface area contributed by atoms with Crippen LogP contribution in [0.1, 0.15) is 11.1 Å². The van der Waals surface area contributed by atoms with E-state index in [0.717, 1.165) is 10.3 Å². The van der Waals surface area contributed by atoms with Gasteiger partial charge in [-0.3, -0.25) is 0 Å². The monoisotopic (exact) mass is 355 g/mol. The summed E-state index contributed by atoms with van der Waals surface area (Å²) >= 11 is 1.77. The summed E-state index contributed by atoms with van der Waals surface area (Å²) in [5.41, 5.74) is 6.13. The van der Waals surface area contributed by atoms with Crippen molar-refractivity contribution in [2.45, 2.75) is 13.8 Å². The Labute approximate surface area is 156 Å². The molecule has 0 radical (unpaired) electrons. The van der Waals surface area contributed by atoms with Crippen LogP contribution in [0.3, 0.4) is 0 Å². The van der Waals surface area contributed by atoms with Crippen LogP contribution in [0.25, 0.3) is 42.5 Å².